The molecule has 0 spiro atoms. The Labute approximate surface area is 134 Å². The minimum atomic E-state index is -0.351. The fourth-order valence-electron chi connectivity index (χ4n) is 2.75. The summed E-state index contributed by atoms with van der Waals surface area (Å²) in [6.45, 7) is 6.60. The van der Waals surface area contributed by atoms with Gasteiger partial charge in [0.15, 0.2) is 5.82 Å². The molecule has 2 aromatic heterocycles. The lowest BCUT2D eigenvalue weighted by molar-refractivity contribution is -0.146. The first-order valence-electron chi connectivity index (χ1n) is 7.67. The molecule has 23 heavy (non-hydrogen) atoms. The zero-order valence-electron chi connectivity index (χ0n) is 13.5. The molecule has 0 N–H and O–H groups in total. The van der Waals surface area contributed by atoms with Crippen LogP contribution in [0.3, 0.4) is 0 Å². The van der Waals surface area contributed by atoms with Crippen LogP contribution in [0.2, 0.25) is 0 Å². The summed E-state index contributed by atoms with van der Waals surface area (Å²) in [5, 5.41) is 3.82. The van der Waals surface area contributed by atoms with Crippen LogP contribution in [0.5, 0.6) is 0 Å². The Morgan fingerprint density at radius 1 is 1.39 bits per heavy atom. The standard InChI is InChI=1S/C16H20N4O3/c1-10-4-5-13(9-17-10)8-14(21)20-6-7-22-11(2)15(20)16-18-12(3)19-23-16/h4-5,9,11,15H,6-8H2,1-3H3/t11-,15+/m1/s1. The van der Waals surface area contributed by atoms with E-state index in [1.165, 1.54) is 0 Å². The average molecular weight is 316 g/mol. The topological polar surface area (TPSA) is 81.4 Å². The van der Waals surface area contributed by atoms with E-state index in [1.54, 1.807) is 18.0 Å². The van der Waals surface area contributed by atoms with Crippen LogP contribution in [0.1, 0.15) is 35.9 Å². The van der Waals surface area contributed by atoms with Crippen molar-refractivity contribution in [2.24, 2.45) is 0 Å². The molecule has 3 heterocycles. The van der Waals surface area contributed by atoms with E-state index in [4.69, 9.17) is 9.26 Å². The zero-order chi connectivity index (χ0) is 16.4. The number of pyridine rings is 1. The minimum Gasteiger partial charge on any atom is -0.374 e. The van der Waals surface area contributed by atoms with Gasteiger partial charge in [-0.05, 0) is 32.4 Å². The third-order valence-electron chi connectivity index (χ3n) is 3.94. The highest BCUT2D eigenvalue weighted by Crippen LogP contribution is 2.29. The van der Waals surface area contributed by atoms with Crippen molar-refractivity contribution in [3.8, 4) is 0 Å². The number of carbonyl (C=O) groups excluding carboxylic acids is 1. The number of carbonyl (C=O) groups is 1. The molecule has 7 heteroatoms. The van der Waals surface area contributed by atoms with Gasteiger partial charge in [0, 0.05) is 18.4 Å². The third kappa shape index (κ3) is 3.39. The lowest BCUT2D eigenvalue weighted by Crippen LogP contribution is -2.47. The van der Waals surface area contributed by atoms with Crippen molar-refractivity contribution in [1.29, 1.82) is 0 Å². The van der Waals surface area contributed by atoms with Crippen LogP contribution >= 0.6 is 0 Å². The molecule has 0 aliphatic carbocycles. The van der Waals surface area contributed by atoms with Crippen LogP contribution in [0.15, 0.2) is 22.9 Å². The van der Waals surface area contributed by atoms with Crippen molar-refractivity contribution in [2.75, 3.05) is 13.2 Å². The average Bonchev–Trinajstić information content (AvgIpc) is 2.95. The van der Waals surface area contributed by atoms with E-state index in [-0.39, 0.29) is 18.1 Å². The molecule has 1 aliphatic heterocycles. The molecule has 0 unspecified atom stereocenters. The van der Waals surface area contributed by atoms with Crippen molar-refractivity contribution in [1.82, 2.24) is 20.0 Å². The number of hydrogen-bond acceptors (Lipinski definition) is 6. The van der Waals surface area contributed by atoms with Gasteiger partial charge < -0.3 is 14.2 Å². The molecule has 1 aliphatic rings. The van der Waals surface area contributed by atoms with Gasteiger partial charge in [0.1, 0.15) is 6.04 Å². The van der Waals surface area contributed by atoms with Gasteiger partial charge in [0.25, 0.3) is 5.89 Å². The number of morpholine rings is 1. The quantitative estimate of drug-likeness (QED) is 0.856. The van der Waals surface area contributed by atoms with E-state index in [0.717, 1.165) is 11.3 Å². The zero-order valence-corrected chi connectivity index (χ0v) is 13.5. The van der Waals surface area contributed by atoms with E-state index < -0.39 is 0 Å². The van der Waals surface area contributed by atoms with Crippen molar-refractivity contribution >= 4 is 5.91 Å². The van der Waals surface area contributed by atoms with Crippen molar-refractivity contribution in [2.45, 2.75) is 39.3 Å². The molecule has 0 saturated carbocycles. The van der Waals surface area contributed by atoms with Crippen molar-refractivity contribution in [3.63, 3.8) is 0 Å². The van der Waals surface area contributed by atoms with Gasteiger partial charge in [-0.1, -0.05) is 11.2 Å². The normalized spacial score (nSPS) is 21.4. The van der Waals surface area contributed by atoms with Gasteiger partial charge in [0.2, 0.25) is 5.91 Å². The van der Waals surface area contributed by atoms with Gasteiger partial charge in [-0.2, -0.15) is 4.98 Å². The first kappa shape index (κ1) is 15.6. The number of aryl methyl sites for hydroxylation is 2. The Bertz CT molecular complexity index is 683. The van der Waals surface area contributed by atoms with Crippen LogP contribution in [0.4, 0.5) is 0 Å². The van der Waals surface area contributed by atoms with Gasteiger partial charge in [-0.3, -0.25) is 9.78 Å². The van der Waals surface area contributed by atoms with Crippen LogP contribution < -0.4 is 0 Å². The Balaban J connectivity index is 1.80. The Kier molecular flexibility index (Phi) is 4.38. The summed E-state index contributed by atoms with van der Waals surface area (Å²) < 4.78 is 10.9. The summed E-state index contributed by atoms with van der Waals surface area (Å²) in [6, 6.07) is 3.48. The lowest BCUT2D eigenvalue weighted by atomic mass is 10.1. The van der Waals surface area contributed by atoms with Crippen LogP contribution in [-0.2, 0) is 16.0 Å². The van der Waals surface area contributed by atoms with E-state index in [9.17, 15) is 4.79 Å². The molecule has 122 valence electrons. The van der Waals surface area contributed by atoms with Gasteiger partial charge in [-0.15, -0.1) is 0 Å². The molecule has 2 aromatic rings. The fraction of sp³-hybridized carbons (Fsp3) is 0.500. The van der Waals surface area contributed by atoms with Crippen LogP contribution in [0.25, 0.3) is 0 Å². The Morgan fingerprint density at radius 2 is 2.22 bits per heavy atom. The Hall–Kier alpha value is -2.28. The molecule has 0 aromatic carbocycles. The second-order valence-electron chi connectivity index (χ2n) is 5.77. The van der Waals surface area contributed by atoms with Gasteiger partial charge >= 0.3 is 0 Å². The summed E-state index contributed by atoms with van der Waals surface area (Å²) >= 11 is 0. The van der Waals surface area contributed by atoms with E-state index in [2.05, 4.69) is 15.1 Å². The van der Waals surface area contributed by atoms with E-state index in [1.807, 2.05) is 26.0 Å². The number of aromatic nitrogens is 3. The Morgan fingerprint density at radius 3 is 2.87 bits per heavy atom. The van der Waals surface area contributed by atoms with Gasteiger partial charge in [-0.25, -0.2) is 0 Å². The maximum Gasteiger partial charge on any atom is 0.252 e. The number of ether oxygens (including phenoxy) is 1. The molecule has 0 bridgehead atoms. The molecule has 1 amide bonds. The molecule has 1 saturated heterocycles. The molecular formula is C16H20N4O3. The van der Waals surface area contributed by atoms with Crippen molar-refractivity contribution < 1.29 is 14.1 Å². The number of amides is 1. The predicted molar refractivity (Wildman–Crippen MR) is 81.6 cm³/mol. The first-order chi connectivity index (χ1) is 11.0. The highest BCUT2D eigenvalue weighted by Gasteiger charge is 2.37. The maximum absolute atomic E-state index is 12.7. The molecule has 1 fully saturated rings. The summed E-state index contributed by atoms with van der Waals surface area (Å²) in [5.41, 5.74) is 1.82. The van der Waals surface area contributed by atoms with Crippen LogP contribution in [-0.4, -0.2) is 45.2 Å². The maximum atomic E-state index is 12.7. The van der Waals surface area contributed by atoms with Crippen LogP contribution in [0, 0.1) is 13.8 Å². The molecular weight excluding hydrogens is 296 g/mol. The number of rotatable bonds is 3. The fourth-order valence-corrected chi connectivity index (χ4v) is 2.75. The minimum absolute atomic E-state index is 0.00616. The SMILES string of the molecule is Cc1ccc(CC(=O)N2CCO[C@H](C)[C@H]2c2nc(C)no2)cn1. The first-order valence-corrected chi connectivity index (χ1v) is 7.67. The second kappa shape index (κ2) is 6.45. The lowest BCUT2D eigenvalue weighted by Gasteiger charge is -2.37. The van der Waals surface area contributed by atoms with Crippen molar-refractivity contribution in [3.05, 3.63) is 41.3 Å². The smallest absolute Gasteiger partial charge is 0.252 e. The predicted octanol–water partition coefficient (Wildman–Crippen LogP) is 1.61. The monoisotopic (exact) mass is 316 g/mol. The molecule has 2 atom stereocenters. The summed E-state index contributed by atoms with van der Waals surface area (Å²) in [5.74, 6) is 0.977. The second-order valence-corrected chi connectivity index (χ2v) is 5.77. The largest absolute Gasteiger partial charge is 0.374 e. The summed E-state index contributed by atoms with van der Waals surface area (Å²) in [4.78, 5) is 23.0. The van der Waals surface area contributed by atoms with Gasteiger partial charge in [0.05, 0.1) is 19.1 Å². The molecule has 0 radical (unpaired) electrons. The number of nitrogens with zero attached hydrogens (tertiary/aromatic N) is 4. The summed E-state index contributed by atoms with van der Waals surface area (Å²) in [7, 11) is 0. The van der Waals surface area contributed by atoms with E-state index in [0.29, 0.717) is 31.3 Å². The summed E-state index contributed by atoms with van der Waals surface area (Å²) in [6.07, 6.45) is 1.84. The third-order valence-corrected chi connectivity index (χ3v) is 3.94. The highest BCUT2D eigenvalue weighted by molar-refractivity contribution is 5.79. The molecule has 3 rings (SSSR count). The number of hydrogen-bond donors (Lipinski definition) is 0. The van der Waals surface area contributed by atoms with E-state index >= 15 is 0 Å². The molecule has 7 nitrogen and oxygen atoms in total. The highest BCUT2D eigenvalue weighted by atomic mass is 16.5.